The summed E-state index contributed by atoms with van der Waals surface area (Å²) in [6.07, 6.45) is 4.20. The van der Waals surface area contributed by atoms with E-state index in [1.807, 2.05) is 4.31 Å². The highest BCUT2D eigenvalue weighted by Crippen LogP contribution is 2.43. The van der Waals surface area contributed by atoms with Crippen LogP contribution in [0.4, 0.5) is 0 Å². The van der Waals surface area contributed by atoms with Crippen LogP contribution >= 0.6 is 12.4 Å². The molecule has 0 spiro atoms. The molecule has 4 aliphatic rings. The fraction of sp³-hybridized carbons (Fsp3) is 0.700. The first-order chi connectivity index (χ1) is 13.1. The summed E-state index contributed by atoms with van der Waals surface area (Å²) in [5, 5.41) is 3.26. The molecule has 3 atom stereocenters. The minimum atomic E-state index is -3.36. The highest BCUT2D eigenvalue weighted by molar-refractivity contribution is 7.86. The fourth-order valence-electron chi connectivity index (χ4n) is 5.66. The first kappa shape index (κ1) is 20.6. The Bertz CT molecular complexity index is 799. The summed E-state index contributed by atoms with van der Waals surface area (Å²) >= 11 is 0. The van der Waals surface area contributed by atoms with Crippen LogP contribution in [-0.4, -0.2) is 73.8 Å². The van der Waals surface area contributed by atoms with Gasteiger partial charge in [0, 0.05) is 57.9 Å². The van der Waals surface area contributed by atoms with Crippen molar-refractivity contribution in [1.82, 2.24) is 18.8 Å². The fourth-order valence-corrected chi connectivity index (χ4v) is 7.56. The molecule has 156 valence electrons. The smallest absolute Gasteiger partial charge is 0.282 e. The molecule has 4 aliphatic heterocycles. The number of piperazine rings is 1. The SMILES string of the molecule is Cl.O=S(=O)(N1CCNCC1)N1CCC[C@@H]2CN3CCc4ccccc4[C@H]3C[C@@H]21. The van der Waals surface area contributed by atoms with Gasteiger partial charge in [-0.2, -0.15) is 17.0 Å². The van der Waals surface area contributed by atoms with E-state index in [4.69, 9.17) is 0 Å². The summed E-state index contributed by atoms with van der Waals surface area (Å²) in [6, 6.07) is 9.27. The minimum absolute atomic E-state index is 0. The van der Waals surface area contributed by atoms with Gasteiger partial charge in [-0.25, -0.2) is 0 Å². The molecule has 0 amide bonds. The van der Waals surface area contributed by atoms with Crippen LogP contribution in [0.15, 0.2) is 24.3 Å². The van der Waals surface area contributed by atoms with Crippen LogP contribution in [-0.2, 0) is 16.6 Å². The van der Waals surface area contributed by atoms with E-state index in [1.165, 1.54) is 11.1 Å². The third kappa shape index (κ3) is 3.50. The second-order valence-corrected chi connectivity index (χ2v) is 10.3. The van der Waals surface area contributed by atoms with Gasteiger partial charge in [0.15, 0.2) is 0 Å². The van der Waals surface area contributed by atoms with E-state index in [0.717, 1.165) is 51.9 Å². The van der Waals surface area contributed by atoms with Crippen LogP contribution in [0.2, 0.25) is 0 Å². The number of hydrogen-bond acceptors (Lipinski definition) is 4. The predicted molar refractivity (Wildman–Crippen MR) is 113 cm³/mol. The van der Waals surface area contributed by atoms with Gasteiger partial charge >= 0.3 is 0 Å². The summed E-state index contributed by atoms with van der Waals surface area (Å²) in [5.74, 6) is 0.470. The number of piperidine rings is 2. The number of fused-ring (bicyclic) bond motifs is 4. The highest BCUT2D eigenvalue weighted by Gasteiger charge is 2.47. The number of rotatable bonds is 2. The van der Waals surface area contributed by atoms with Gasteiger partial charge in [-0.15, -0.1) is 12.4 Å². The number of nitrogens with zero attached hydrogens (tertiary/aromatic N) is 3. The first-order valence-electron chi connectivity index (χ1n) is 10.4. The third-order valence-electron chi connectivity index (χ3n) is 7.02. The van der Waals surface area contributed by atoms with Crippen molar-refractivity contribution >= 4 is 22.6 Å². The van der Waals surface area contributed by atoms with Gasteiger partial charge in [-0.05, 0) is 42.7 Å². The maximum Gasteiger partial charge on any atom is 0.282 e. The molecule has 6 nitrogen and oxygen atoms in total. The van der Waals surface area contributed by atoms with Crippen LogP contribution in [0.1, 0.15) is 36.4 Å². The topological polar surface area (TPSA) is 55.9 Å². The molecule has 5 rings (SSSR count). The Hall–Kier alpha value is -0.700. The summed E-state index contributed by atoms with van der Waals surface area (Å²) in [5.41, 5.74) is 2.87. The number of hydrogen-bond donors (Lipinski definition) is 1. The Morgan fingerprint density at radius 3 is 2.64 bits per heavy atom. The zero-order chi connectivity index (χ0) is 18.4. The van der Waals surface area contributed by atoms with Gasteiger partial charge < -0.3 is 5.32 Å². The van der Waals surface area contributed by atoms with Crippen molar-refractivity contribution in [1.29, 1.82) is 0 Å². The standard InChI is InChI=1S/C20H30N4O2S.ClH/c25-27(26,23-12-8-21-9-13-23)24-10-3-5-17-15-22-11-7-16-4-1-2-6-18(16)20(22)14-19(17)24;/h1-2,4,6,17,19-21H,3,5,7-15H2;1H/t17-,19+,20-;/m1./s1. The quantitative estimate of drug-likeness (QED) is 0.781. The zero-order valence-corrected chi connectivity index (χ0v) is 17.9. The van der Waals surface area contributed by atoms with Gasteiger partial charge in [-0.1, -0.05) is 24.3 Å². The molecule has 1 aromatic carbocycles. The molecule has 1 aromatic rings. The highest BCUT2D eigenvalue weighted by atomic mass is 35.5. The molecule has 4 heterocycles. The Kier molecular flexibility index (Phi) is 6.03. The van der Waals surface area contributed by atoms with Gasteiger partial charge in [0.2, 0.25) is 0 Å². The van der Waals surface area contributed by atoms with E-state index in [1.54, 1.807) is 4.31 Å². The maximum atomic E-state index is 13.4. The average Bonchev–Trinajstić information content (AvgIpc) is 2.72. The average molecular weight is 427 g/mol. The van der Waals surface area contributed by atoms with Crippen LogP contribution < -0.4 is 5.32 Å². The number of benzene rings is 1. The number of halogens is 1. The van der Waals surface area contributed by atoms with Crippen molar-refractivity contribution < 1.29 is 8.42 Å². The molecule has 3 fully saturated rings. The van der Waals surface area contributed by atoms with E-state index in [-0.39, 0.29) is 18.4 Å². The van der Waals surface area contributed by atoms with Crippen molar-refractivity contribution in [3.8, 4) is 0 Å². The Labute approximate surface area is 174 Å². The normalized spacial score (nSPS) is 31.9. The zero-order valence-electron chi connectivity index (χ0n) is 16.3. The van der Waals surface area contributed by atoms with Gasteiger partial charge in [0.1, 0.15) is 0 Å². The van der Waals surface area contributed by atoms with Crippen LogP contribution in [0.25, 0.3) is 0 Å². The molecule has 3 saturated heterocycles. The van der Waals surface area contributed by atoms with E-state index >= 15 is 0 Å². The Morgan fingerprint density at radius 2 is 1.82 bits per heavy atom. The van der Waals surface area contributed by atoms with Gasteiger partial charge in [0.05, 0.1) is 0 Å². The second-order valence-electron chi connectivity index (χ2n) is 8.43. The summed E-state index contributed by atoms with van der Waals surface area (Å²) in [7, 11) is -3.36. The van der Waals surface area contributed by atoms with Crippen LogP contribution in [0.3, 0.4) is 0 Å². The van der Waals surface area contributed by atoms with Crippen molar-refractivity contribution in [2.75, 3.05) is 45.8 Å². The second kappa shape index (κ2) is 8.20. The van der Waals surface area contributed by atoms with Crippen molar-refractivity contribution in [3.63, 3.8) is 0 Å². The minimum Gasteiger partial charge on any atom is -0.314 e. The van der Waals surface area contributed by atoms with Crippen LogP contribution in [0, 0.1) is 5.92 Å². The molecule has 0 unspecified atom stereocenters. The van der Waals surface area contributed by atoms with E-state index in [0.29, 0.717) is 31.6 Å². The van der Waals surface area contributed by atoms with Gasteiger partial charge in [0.25, 0.3) is 10.2 Å². The Balaban J connectivity index is 0.00000192. The molecular formula is C20H31ClN4O2S. The van der Waals surface area contributed by atoms with Crippen molar-refractivity contribution in [3.05, 3.63) is 35.4 Å². The lowest BCUT2D eigenvalue weighted by Gasteiger charge is -2.52. The summed E-state index contributed by atoms with van der Waals surface area (Å²) in [4.78, 5) is 2.62. The summed E-state index contributed by atoms with van der Waals surface area (Å²) < 4.78 is 30.4. The maximum absolute atomic E-state index is 13.4. The lowest BCUT2D eigenvalue weighted by atomic mass is 9.77. The van der Waals surface area contributed by atoms with E-state index < -0.39 is 10.2 Å². The molecule has 8 heteroatoms. The van der Waals surface area contributed by atoms with Crippen molar-refractivity contribution in [2.24, 2.45) is 5.92 Å². The molecule has 0 aromatic heterocycles. The van der Waals surface area contributed by atoms with Crippen molar-refractivity contribution in [2.45, 2.75) is 37.8 Å². The first-order valence-corrected chi connectivity index (χ1v) is 11.8. The van der Waals surface area contributed by atoms with E-state index in [9.17, 15) is 8.42 Å². The monoisotopic (exact) mass is 426 g/mol. The molecule has 0 saturated carbocycles. The lowest BCUT2D eigenvalue weighted by Crippen LogP contribution is -2.61. The van der Waals surface area contributed by atoms with Crippen LogP contribution in [0.5, 0.6) is 0 Å². The molecule has 1 N–H and O–H groups in total. The van der Waals surface area contributed by atoms with Gasteiger partial charge in [-0.3, -0.25) is 4.90 Å². The molecule has 28 heavy (non-hydrogen) atoms. The molecule has 0 bridgehead atoms. The Morgan fingerprint density at radius 1 is 1.04 bits per heavy atom. The lowest BCUT2D eigenvalue weighted by molar-refractivity contribution is 0.0196. The largest absolute Gasteiger partial charge is 0.314 e. The summed E-state index contributed by atoms with van der Waals surface area (Å²) in [6.45, 7) is 5.52. The van der Waals surface area contributed by atoms with E-state index in [2.05, 4.69) is 34.5 Å². The third-order valence-corrected chi connectivity index (χ3v) is 9.09. The predicted octanol–water partition coefficient (Wildman–Crippen LogP) is 1.64. The molecule has 0 radical (unpaired) electrons. The molecule has 0 aliphatic carbocycles. The number of nitrogens with one attached hydrogen (secondary N) is 1. The molecular weight excluding hydrogens is 396 g/mol.